The third-order valence-corrected chi connectivity index (χ3v) is 4.55. The molecule has 8 heteroatoms. The molecular weight excluding hydrogens is 292 g/mol. The van der Waals surface area contributed by atoms with Crippen molar-refractivity contribution in [3.05, 3.63) is 29.8 Å². The van der Waals surface area contributed by atoms with Crippen LogP contribution < -0.4 is 5.73 Å². The summed E-state index contributed by atoms with van der Waals surface area (Å²) >= 11 is 0. The fourth-order valence-corrected chi connectivity index (χ4v) is 2.98. The average Bonchev–Trinajstić information content (AvgIpc) is 3.25. The molecule has 1 aliphatic rings. The van der Waals surface area contributed by atoms with Crippen molar-refractivity contribution in [3.8, 4) is 0 Å². The maximum Gasteiger partial charge on any atom is 0.283 e. The van der Waals surface area contributed by atoms with Crippen LogP contribution in [0.3, 0.4) is 0 Å². The van der Waals surface area contributed by atoms with E-state index in [0.717, 1.165) is 12.0 Å². The van der Waals surface area contributed by atoms with Gasteiger partial charge >= 0.3 is 0 Å². The Morgan fingerprint density at radius 3 is 2.52 bits per heavy atom. The minimum atomic E-state index is -3.67. The van der Waals surface area contributed by atoms with E-state index in [4.69, 9.17) is 10.9 Å². The summed E-state index contributed by atoms with van der Waals surface area (Å²) in [7, 11) is -0.279. The van der Waals surface area contributed by atoms with Crippen LogP contribution in [0.15, 0.2) is 38.7 Å². The second kappa shape index (κ2) is 5.72. The highest BCUT2D eigenvalue weighted by Crippen LogP contribution is 2.47. The van der Waals surface area contributed by atoms with E-state index in [1.165, 1.54) is 18.5 Å². The summed E-state index contributed by atoms with van der Waals surface area (Å²) in [6, 6.07) is 6.54. The Hall–Kier alpha value is -2.09. The van der Waals surface area contributed by atoms with Crippen molar-refractivity contribution in [2.24, 2.45) is 21.2 Å². The van der Waals surface area contributed by atoms with Crippen LogP contribution in [0.5, 0.6) is 0 Å². The number of rotatable bonds is 5. The number of hydrogen-bond donors (Lipinski definition) is 2. The van der Waals surface area contributed by atoms with Gasteiger partial charge in [0.2, 0.25) is 0 Å². The summed E-state index contributed by atoms with van der Waals surface area (Å²) in [5.41, 5.74) is 6.53. The highest BCUT2D eigenvalue weighted by molar-refractivity contribution is 7.90. The molecule has 0 spiro atoms. The van der Waals surface area contributed by atoms with Crippen LogP contribution in [0.25, 0.3) is 0 Å². The SMILES string of the molecule is CN(C)C=NS(=O)(=O)c1ccc([C@@H]2C[C@H]2C(N)=NO)cc1. The van der Waals surface area contributed by atoms with Gasteiger partial charge in [-0.25, -0.2) is 0 Å². The zero-order valence-corrected chi connectivity index (χ0v) is 12.7. The topological polar surface area (TPSA) is 108 Å². The molecule has 1 aromatic rings. The zero-order chi connectivity index (χ0) is 15.6. The maximum atomic E-state index is 12.0. The Balaban J connectivity index is 2.14. The van der Waals surface area contributed by atoms with Gasteiger partial charge in [0.15, 0.2) is 0 Å². The van der Waals surface area contributed by atoms with Gasteiger partial charge in [0.1, 0.15) is 12.2 Å². The first-order valence-corrected chi connectivity index (χ1v) is 7.83. The number of oxime groups is 1. The smallest absolute Gasteiger partial charge is 0.283 e. The molecule has 0 aliphatic heterocycles. The molecule has 114 valence electrons. The van der Waals surface area contributed by atoms with Crippen LogP contribution >= 0.6 is 0 Å². The van der Waals surface area contributed by atoms with Gasteiger partial charge in [0.05, 0.1) is 4.90 Å². The first-order chi connectivity index (χ1) is 9.85. The second-order valence-corrected chi connectivity index (χ2v) is 6.83. The molecule has 0 bridgehead atoms. The van der Waals surface area contributed by atoms with E-state index >= 15 is 0 Å². The van der Waals surface area contributed by atoms with Crippen molar-refractivity contribution in [1.29, 1.82) is 0 Å². The predicted octanol–water partition coefficient (Wildman–Crippen LogP) is 0.815. The fourth-order valence-electron chi connectivity index (χ4n) is 2.07. The molecule has 1 fully saturated rings. The molecule has 1 aromatic carbocycles. The van der Waals surface area contributed by atoms with E-state index in [1.54, 1.807) is 31.1 Å². The quantitative estimate of drug-likeness (QED) is 0.362. The van der Waals surface area contributed by atoms with Gasteiger partial charge in [-0.15, -0.1) is 4.40 Å². The fraction of sp³-hybridized carbons (Fsp3) is 0.385. The zero-order valence-electron chi connectivity index (χ0n) is 11.8. The Labute approximate surface area is 123 Å². The summed E-state index contributed by atoms with van der Waals surface area (Å²) in [6.07, 6.45) is 2.05. The first-order valence-electron chi connectivity index (χ1n) is 6.39. The van der Waals surface area contributed by atoms with Crippen LogP contribution in [0.4, 0.5) is 0 Å². The molecule has 3 N–H and O–H groups in total. The van der Waals surface area contributed by atoms with Gasteiger partial charge in [-0.3, -0.25) is 0 Å². The number of amidine groups is 1. The van der Waals surface area contributed by atoms with Crippen molar-refractivity contribution in [2.45, 2.75) is 17.2 Å². The van der Waals surface area contributed by atoms with Gasteiger partial charge in [0.25, 0.3) is 10.0 Å². The minimum Gasteiger partial charge on any atom is -0.409 e. The van der Waals surface area contributed by atoms with Crippen molar-refractivity contribution in [1.82, 2.24) is 4.90 Å². The van der Waals surface area contributed by atoms with Crippen LogP contribution in [-0.4, -0.2) is 44.8 Å². The van der Waals surface area contributed by atoms with E-state index in [-0.39, 0.29) is 22.6 Å². The van der Waals surface area contributed by atoms with E-state index in [1.807, 2.05) is 0 Å². The average molecular weight is 310 g/mol. The van der Waals surface area contributed by atoms with Crippen molar-refractivity contribution in [2.75, 3.05) is 14.1 Å². The standard InChI is InChI=1S/C13H18N4O3S/c1-17(2)8-15-21(19,20)10-5-3-9(4-6-10)11-7-12(11)13(14)16-18/h3-6,8,11-12,18H,7H2,1-2H3,(H2,14,16)/t11-,12+/m0/s1. The Morgan fingerprint density at radius 2 is 2.00 bits per heavy atom. The monoisotopic (exact) mass is 310 g/mol. The lowest BCUT2D eigenvalue weighted by Crippen LogP contribution is -2.14. The van der Waals surface area contributed by atoms with E-state index in [2.05, 4.69) is 9.55 Å². The molecule has 1 aliphatic carbocycles. The Bertz CT molecular complexity index is 665. The third kappa shape index (κ3) is 3.52. The molecule has 7 nitrogen and oxygen atoms in total. The summed E-state index contributed by atoms with van der Waals surface area (Å²) in [5, 5.41) is 11.6. The van der Waals surface area contributed by atoms with Crippen LogP contribution in [-0.2, 0) is 10.0 Å². The van der Waals surface area contributed by atoms with Crippen LogP contribution in [0.1, 0.15) is 17.9 Å². The van der Waals surface area contributed by atoms with Gasteiger partial charge in [-0.2, -0.15) is 8.42 Å². The normalized spacial score (nSPS) is 22.5. The van der Waals surface area contributed by atoms with E-state index < -0.39 is 10.0 Å². The molecule has 2 rings (SSSR count). The van der Waals surface area contributed by atoms with Gasteiger partial charge < -0.3 is 15.8 Å². The molecule has 0 amide bonds. The molecular formula is C13H18N4O3S. The summed E-state index contributed by atoms with van der Waals surface area (Å²) < 4.78 is 27.5. The van der Waals surface area contributed by atoms with Crippen LogP contribution in [0, 0.1) is 5.92 Å². The Morgan fingerprint density at radius 1 is 1.38 bits per heavy atom. The maximum absolute atomic E-state index is 12.0. The predicted molar refractivity (Wildman–Crippen MR) is 80.1 cm³/mol. The molecule has 1 saturated carbocycles. The van der Waals surface area contributed by atoms with Crippen molar-refractivity contribution in [3.63, 3.8) is 0 Å². The number of benzene rings is 1. The first kappa shape index (κ1) is 15.3. The molecule has 0 aromatic heterocycles. The molecule has 0 unspecified atom stereocenters. The van der Waals surface area contributed by atoms with E-state index in [9.17, 15) is 8.42 Å². The summed E-state index contributed by atoms with van der Waals surface area (Å²) in [6.45, 7) is 0. The molecule has 21 heavy (non-hydrogen) atoms. The number of nitrogens with zero attached hydrogens (tertiary/aromatic N) is 3. The van der Waals surface area contributed by atoms with Crippen LogP contribution in [0.2, 0.25) is 0 Å². The van der Waals surface area contributed by atoms with E-state index in [0.29, 0.717) is 0 Å². The lowest BCUT2D eigenvalue weighted by atomic mass is 10.1. The lowest BCUT2D eigenvalue weighted by molar-refractivity contribution is 0.316. The minimum absolute atomic E-state index is 0.0317. The molecule has 0 saturated heterocycles. The number of nitrogens with two attached hydrogens (primary N) is 1. The Kier molecular flexibility index (Phi) is 4.17. The van der Waals surface area contributed by atoms with Gasteiger partial charge in [-0.1, -0.05) is 17.3 Å². The van der Waals surface area contributed by atoms with Gasteiger partial charge in [0, 0.05) is 20.0 Å². The summed E-state index contributed by atoms with van der Waals surface area (Å²) in [4.78, 5) is 1.70. The third-order valence-electron chi connectivity index (χ3n) is 3.31. The summed E-state index contributed by atoms with van der Waals surface area (Å²) in [5.74, 6) is 0.430. The molecule has 0 radical (unpaired) electrons. The van der Waals surface area contributed by atoms with Crippen molar-refractivity contribution < 1.29 is 13.6 Å². The number of hydrogen-bond acceptors (Lipinski definition) is 4. The molecule has 2 atom stereocenters. The second-order valence-electron chi connectivity index (χ2n) is 5.20. The lowest BCUT2D eigenvalue weighted by Gasteiger charge is -2.04. The highest BCUT2D eigenvalue weighted by atomic mass is 32.2. The highest BCUT2D eigenvalue weighted by Gasteiger charge is 2.41. The van der Waals surface area contributed by atoms with Crippen molar-refractivity contribution >= 4 is 22.2 Å². The number of sulfonamides is 1. The largest absolute Gasteiger partial charge is 0.409 e. The molecule has 0 heterocycles. The van der Waals surface area contributed by atoms with Gasteiger partial charge in [-0.05, 0) is 30.0 Å².